The van der Waals surface area contributed by atoms with E-state index in [1.807, 2.05) is 6.92 Å². The van der Waals surface area contributed by atoms with Crippen LogP contribution < -0.4 is 5.32 Å². The van der Waals surface area contributed by atoms with E-state index >= 15 is 0 Å². The highest BCUT2D eigenvalue weighted by molar-refractivity contribution is 7.90. The Morgan fingerprint density at radius 2 is 2.17 bits per heavy atom. The molecule has 0 aromatic carbocycles. The molecule has 2 aromatic rings. The van der Waals surface area contributed by atoms with Gasteiger partial charge in [0.25, 0.3) is 0 Å². The second kappa shape index (κ2) is 4.89. The van der Waals surface area contributed by atoms with Gasteiger partial charge < -0.3 is 10.3 Å². The summed E-state index contributed by atoms with van der Waals surface area (Å²) in [5.74, 6) is 0.789. The van der Waals surface area contributed by atoms with Gasteiger partial charge in [-0.1, -0.05) is 0 Å². The maximum Gasteiger partial charge on any atom is 0.182 e. The Morgan fingerprint density at radius 3 is 2.89 bits per heavy atom. The van der Waals surface area contributed by atoms with Crippen molar-refractivity contribution in [1.29, 1.82) is 0 Å². The van der Waals surface area contributed by atoms with Gasteiger partial charge in [-0.05, 0) is 13.3 Å². The maximum atomic E-state index is 11.1. The number of aromatic amines is 1. The molecule has 2 rings (SSSR count). The normalized spacial score (nSPS) is 13.7. The average Bonchev–Trinajstić information content (AvgIpc) is 2.74. The quantitative estimate of drug-likeness (QED) is 0.823. The predicted molar refractivity (Wildman–Crippen MR) is 69.1 cm³/mol. The van der Waals surface area contributed by atoms with Crippen molar-refractivity contribution in [1.82, 2.24) is 19.9 Å². The van der Waals surface area contributed by atoms with Gasteiger partial charge in [-0.2, -0.15) is 0 Å². The molecule has 1 unspecified atom stereocenters. The molecular weight excluding hydrogens is 254 g/mol. The lowest BCUT2D eigenvalue weighted by Gasteiger charge is -2.13. The first-order valence-electron chi connectivity index (χ1n) is 5.54. The van der Waals surface area contributed by atoms with Gasteiger partial charge in [-0.15, -0.1) is 0 Å². The Hall–Kier alpha value is -1.70. The van der Waals surface area contributed by atoms with Crippen LogP contribution >= 0.6 is 0 Å². The summed E-state index contributed by atoms with van der Waals surface area (Å²) in [5, 5.41) is 3.16. The summed E-state index contributed by atoms with van der Waals surface area (Å²) in [6.07, 6.45) is 4.73. The first kappa shape index (κ1) is 12.7. The van der Waals surface area contributed by atoms with Gasteiger partial charge in [-0.25, -0.2) is 23.4 Å². The fraction of sp³-hybridized carbons (Fsp3) is 0.500. The summed E-state index contributed by atoms with van der Waals surface area (Å²) in [4.78, 5) is 15.1. The molecule has 0 bridgehead atoms. The molecule has 8 heteroatoms. The van der Waals surface area contributed by atoms with Gasteiger partial charge >= 0.3 is 0 Å². The van der Waals surface area contributed by atoms with Crippen molar-refractivity contribution >= 4 is 26.8 Å². The minimum atomic E-state index is -2.94. The molecule has 0 aliphatic rings. The third-order valence-electron chi connectivity index (χ3n) is 2.53. The summed E-state index contributed by atoms with van der Waals surface area (Å²) in [7, 11) is -2.94. The zero-order valence-electron chi connectivity index (χ0n) is 10.2. The van der Waals surface area contributed by atoms with Gasteiger partial charge in [0.05, 0.1) is 12.1 Å². The third-order valence-corrected chi connectivity index (χ3v) is 3.51. The number of hydrogen-bond acceptors (Lipinski definition) is 6. The van der Waals surface area contributed by atoms with Gasteiger partial charge in [0.15, 0.2) is 11.5 Å². The molecule has 0 aliphatic heterocycles. The van der Waals surface area contributed by atoms with Crippen LogP contribution in [0.5, 0.6) is 0 Å². The molecule has 0 spiro atoms. The standard InChI is InChI=1S/C10H15N5O2S/c1-7(3-4-18(2,16)17)15-10-8-9(12-5-11-8)13-6-14-10/h5-7H,3-4H2,1-2H3,(H2,11,12,13,14,15). The monoisotopic (exact) mass is 269 g/mol. The van der Waals surface area contributed by atoms with E-state index in [2.05, 4.69) is 25.3 Å². The zero-order chi connectivity index (χ0) is 13.2. The molecule has 0 saturated heterocycles. The molecule has 7 nitrogen and oxygen atoms in total. The van der Waals surface area contributed by atoms with Crippen LogP contribution in [0.4, 0.5) is 5.82 Å². The summed E-state index contributed by atoms with van der Waals surface area (Å²) < 4.78 is 22.2. The first-order chi connectivity index (χ1) is 8.46. The van der Waals surface area contributed by atoms with E-state index in [1.54, 1.807) is 6.33 Å². The SMILES string of the molecule is CC(CCS(C)(=O)=O)Nc1ncnc2nc[nH]c12. The van der Waals surface area contributed by atoms with E-state index in [-0.39, 0.29) is 11.8 Å². The molecule has 0 fully saturated rings. The fourth-order valence-electron chi connectivity index (χ4n) is 1.57. The van der Waals surface area contributed by atoms with Gasteiger partial charge in [0, 0.05) is 12.3 Å². The van der Waals surface area contributed by atoms with Crippen molar-refractivity contribution in [3.63, 3.8) is 0 Å². The van der Waals surface area contributed by atoms with E-state index in [4.69, 9.17) is 0 Å². The number of hydrogen-bond donors (Lipinski definition) is 2. The second-order valence-electron chi connectivity index (χ2n) is 4.29. The molecule has 2 heterocycles. The Kier molecular flexibility index (Phi) is 3.46. The summed E-state index contributed by atoms with van der Waals surface area (Å²) in [6, 6.07) is 0.00104. The molecule has 0 amide bonds. The van der Waals surface area contributed by atoms with E-state index in [1.165, 1.54) is 12.6 Å². The van der Waals surface area contributed by atoms with Crippen molar-refractivity contribution in [2.75, 3.05) is 17.3 Å². The number of rotatable bonds is 5. The molecular formula is C10H15N5O2S. The van der Waals surface area contributed by atoms with Gasteiger partial charge in [-0.3, -0.25) is 0 Å². The van der Waals surface area contributed by atoms with Crippen molar-refractivity contribution in [3.05, 3.63) is 12.7 Å². The first-order valence-corrected chi connectivity index (χ1v) is 7.60. The Balaban J connectivity index is 2.07. The fourth-order valence-corrected chi connectivity index (χ4v) is 2.35. The van der Waals surface area contributed by atoms with Crippen molar-refractivity contribution in [3.8, 4) is 0 Å². The number of H-pyrrole nitrogens is 1. The number of imidazole rings is 1. The molecule has 0 saturated carbocycles. The van der Waals surface area contributed by atoms with Crippen LogP contribution in [0.15, 0.2) is 12.7 Å². The van der Waals surface area contributed by atoms with E-state index in [0.717, 1.165) is 5.52 Å². The highest BCUT2D eigenvalue weighted by Crippen LogP contribution is 2.16. The molecule has 18 heavy (non-hydrogen) atoms. The van der Waals surface area contributed by atoms with Crippen LogP contribution in [-0.4, -0.2) is 46.4 Å². The molecule has 0 radical (unpaired) electrons. The molecule has 1 atom stereocenters. The number of anilines is 1. The summed E-state index contributed by atoms with van der Waals surface area (Å²) >= 11 is 0. The Morgan fingerprint density at radius 1 is 1.39 bits per heavy atom. The smallest absolute Gasteiger partial charge is 0.182 e. The molecule has 0 aliphatic carbocycles. The van der Waals surface area contributed by atoms with Crippen LogP contribution in [-0.2, 0) is 9.84 Å². The summed E-state index contributed by atoms with van der Waals surface area (Å²) in [6.45, 7) is 1.91. The lowest BCUT2D eigenvalue weighted by molar-refractivity contribution is 0.595. The van der Waals surface area contributed by atoms with E-state index in [0.29, 0.717) is 17.9 Å². The second-order valence-corrected chi connectivity index (χ2v) is 6.55. The number of nitrogens with zero attached hydrogens (tertiary/aromatic N) is 3. The average molecular weight is 269 g/mol. The number of nitrogens with one attached hydrogen (secondary N) is 2. The van der Waals surface area contributed by atoms with Crippen molar-refractivity contribution in [2.24, 2.45) is 0 Å². The minimum absolute atomic E-state index is 0.00104. The van der Waals surface area contributed by atoms with Gasteiger partial charge in [0.2, 0.25) is 0 Å². The Labute approximate surface area is 105 Å². The van der Waals surface area contributed by atoms with Crippen LogP contribution in [0.3, 0.4) is 0 Å². The molecule has 2 aromatic heterocycles. The largest absolute Gasteiger partial charge is 0.366 e. The number of sulfone groups is 1. The van der Waals surface area contributed by atoms with Crippen LogP contribution in [0.2, 0.25) is 0 Å². The van der Waals surface area contributed by atoms with Crippen LogP contribution in [0, 0.1) is 0 Å². The Bertz CT molecular complexity index is 637. The van der Waals surface area contributed by atoms with E-state index < -0.39 is 9.84 Å². The minimum Gasteiger partial charge on any atom is -0.366 e. The molecule has 98 valence electrons. The highest BCUT2D eigenvalue weighted by atomic mass is 32.2. The van der Waals surface area contributed by atoms with Gasteiger partial charge in [0.1, 0.15) is 21.7 Å². The van der Waals surface area contributed by atoms with Crippen LogP contribution in [0.1, 0.15) is 13.3 Å². The predicted octanol–water partition coefficient (Wildman–Crippen LogP) is 0.588. The van der Waals surface area contributed by atoms with Crippen molar-refractivity contribution < 1.29 is 8.42 Å². The topological polar surface area (TPSA) is 101 Å². The number of aromatic nitrogens is 4. The number of fused-ring (bicyclic) bond motifs is 1. The highest BCUT2D eigenvalue weighted by Gasteiger charge is 2.11. The zero-order valence-corrected chi connectivity index (χ0v) is 11.0. The van der Waals surface area contributed by atoms with E-state index in [9.17, 15) is 8.42 Å². The lowest BCUT2D eigenvalue weighted by atomic mass is 10.2. The third kappa shape index (κ3) is 3.16. The lowest BCUT2D eigenvalue weighted by Crippen LogP contribution is -2.20. The maximum absolute atomic E-state index is 11.1. The van der Waals surface area contributed by atoms with Crippen molar-refractivity contribution in [2.45, 2.75) is 19.4 Å². The van der Waals surface area contributed by atoms with Crippen LogP contribution in [0.25, 0.3) is 11.2 Å². The molecule has 2 N–H and O–H groups in total. The summed E-state index contributed by atoms with van der Waals surface area (Å²) in [5.41, 5.74) is 1.31.